The van der Waals surface area contributed by atoms with Gasteiger partial charge in [0.2, 0.25) is 21.8 Å². The molecule has 7 nitrogen and oxygen atoms in total. The zero-order valence-corrected chi connectivity index (χ0v) is 14.9. The van der Waals surface area contributed by atoms with Crippen molar-refractivity contribution in [2.45, 2.75) is 18.2 Å². The molecule has 2 amide bonds. The van der Waals surface area contributed by atoms with E-state index >= 15 is 0 Å². The summed E-state index contributed by atoms with van der Waals surface area (Å²) in [5.74, 6) is -0.144. The van der Waals surface area contributed by atoms with E-state index in [-0.39, 0.29) is 34.7 Å². The number of benzene rings is 1. The fourth-order valence-electron chi connectivity index (χ4n) is 2.46. The molecular formula is C15H20ClN3O4S. The zero-order valence-electron chi connectivity index (χ0n) is 13.4. The SMILES string of the molecule is CC(=O)N1CCN(C(=O)CCNS(=O)(=O)c2ccccc2Cl)CC1. The van der Waals surface area contributed by atoms with E-state index in [0.29, 0.717) is 26.2 Å². The van der Waals surface area contributed by atoms with E-state index in [1.807, 2.05) is 0 Å². The molecule has 0 aromatic heterocycles. The number of carbonyl (C=O) groups excluding carboxylic acids is 2. The van der Waals surface area contributed by atoms with Gasteiger partial charge in [-0.2, -0.15) is 0 Å². The van der Waals surface area contributed by atoms with Crippen molar-refractivity contribution in [3.05, 3.63) is 29.3 Å². The number of carbonyl (C=O) groups is 2. The van der Waals surface area contributed by atoms with E-state index in [1.165, 1.54) is 19.1 Å². The third-order valence-corrected chi connectivity index (χ3v) is 5.80. The Morgan fingerprint density at radius 2 is 1.71 bits per heavy atom. The van der Waals surface area contributed by atoms with E-state index in [4.69, 9.17) is 11.6 Å². The van der Waals surface area contributed by atoms with E-state index in [0.717, 1.165) is 0 Å². The van der Waals surface area contributed by atoms with Crippen molar-refractivity contribution < 1.29 is 18.0 Å². The lowest BCUT2D eigenvalue weighted by Crippen LogP contribution is -2.50. The van der Waals surface area contributed by atoms with Crippen LogP contribution in [0.2, 0.25) is 5.02 Å². The van der Waals surface area contributed by atoms with Gasteiger partial charge in [-0.15, -0.1) is 0 Å². The van der Waals surface area contributed by atoms with Crippen molar-refractivity contribution in [1.29, 1.82) is 0 Å². The van der Waals surface area contributed by atoms with Crippen LogP contribution < -0.4 is 4.72 Å². The molecule has 0 bridgehead atoms. The molecule has 2 rings (SSSR count). The summed E-state index contributed by atoms with van der Waals surface area (Å²) in [6.07, 6.45) is 0.0593. The van der Waals surface area contributed by atoms with Crippen LogP contribution in [0.3, 0.4) is 0 Å². The molecule has 1 heterocycles. The number of nitrogens with zero attached hydrogens (tertiary/aromatic N) is 2. The van der Waals surface area contributed by atoms with Gasteiger partial charge in [0.05, 0.1) is 5.02 Å². The van der Waals surface area contributed by atoms with Gasteiger partial charge in [-0.05, 0) is 12.1 Å². The first kappa shape index (κ1) is 18.7. The normalized spacial score (nSPS) is 15.4. The number of rotatable bonds is 5. The van der Waals surface area contributed by atoms with E-state index < -0.39 is 10.0 Å². The number of sulfonamides is 1. The molecule has 132 valence electrons. The van der Waals surface area contributed by atoms with Crippen LogP contribution in [0.15, 0.2) is 29.2 Å². The Labute approximate surface area is 146 Å². The van der Waals surface area contributed by atoms with Gasteiger partial charge in [0.25, 0.3) is 0 Å². The second-order valence-electron chi connectivity index (χ2n) is 5.47. The Morgan fingerprint density at radius 3 is 2.29 bits per heavy atom. The summed E-state index contributed by atoms with van der Waals surface area (Å²) in [5, 5.41) is 0.136. The highest BCUT2D eigenvalue weighted by Crippen LogP contribution is 2.20. The molecule has 0 radical (unpaired) electrons. The van der Waals surface area contributed by atoms with Crippen LogP contribution >= 0.6 is 11.6 Å². The molecule has 9 heteroatoms. The molecule has 0 atom stereocenters. The molecule has 1 fully saturated rings. The summed E-state index contributed by atoms with van der Waals surface area (Å²) >= 11 is 5.88. The molecule has 24 heavy (non-hydrogen) atoms. The predicted molar refractivity (Wildman–Crippen MR) is 90.1 cm³/mol. The van der Waals surface area contributed by atoms with Crippen molar-refractivity contribution in [2.75, 3.05) is 32.7 Å². The summed E-state index contributed by atoms with van der Waals surface area (Å²) in [6.45, 7) is 3.45. The van der Waals surface area contributed by atoms with Crippen molar-refractivity contribution in [2.24, 2.45) is 0 Å². The average Bonchev–Trinajstić information content (AvgIpc) is 2.55. The van der Waals surface area contributed by atoms with Crippen LogP contribution in [-0.4, -0.2) is 62.8 Å². The second kappa shape index (κ2) is 7.96. The lowest BCUT2D eigenvalue weighted by Gasteiger charge is -2.34. The van der Waals surface area contributed by atoms with E-state index in [2.05, 4.69) is 4.72 Å². The van der Waals surface area contributed by atoms with Gasteiger partial charge >= 0.3 is 0 Å². The lowest BCUT2D eigenvalue weighted by molar-refractivity contribution is -0.138. The number of nitrogens with one attached hydrogen (secondary N) is 1. The third-order valence-electron chi connectivity index (χ3n) is 3.83. The smallest absolute Gasteiger partial charge is 0.242 e. The minimum absolute atomic E-state index is 0.000682. The van der Waals surface area contributed by atoms with E-state index in [1.54, 1.807) is 21.9 Å². The highest BCUT2D eigenvalue weighted by Gasteiger charge is 2.23. The van der Waals surface area contributed by atoms with Crippen LogP contribution in [0, 0.1) is 0 Å². The molecular weight excluding hydrogens is 354 g/mol. The highest BCUT2D eigenvalue weighted by atomic mass is 35.5. The van der Waals surface area contributed by atoms with Gasteiger partial charge in [0, 0.05) is 46.1 Å². The molecule has 0 saturated carbocycles. The number of hydrogen-bond acceptors (Lipinski definition) is 4. The minimum atomic E-state index is -3.74. The first-order valence-corrected chi connectivity index (χ1v) is 9.45. The van der Waals surface area contributed by atoms with Gasteiger partial charge < -0.3 is 9.80 Å². The number of piperazine rings is 1. The van der Waals surface area contributed by atoms with Crippen LogP contribution in [0.25, 0.3) is 0 Å². The average molecular weight is 374 g/mol. The lowest BCUT2D eigenvalue weighted by atomic mass is 10.3. The molecule has 0 spiro atoms. The summed E-state index contributed by atoms with van der Waals surface area (Å²) < 4.78 is 26.7. The van der Waals surface area contributed by atoms with Gasteiger partial charge in [-0.3, -0.25) is 9.59 Å². The van der Waals surface area contributed by atoms with Crippen molar-refractivity contribution >= 4 is 33.4 Å². The Bertz CT molecular complexity index is 715. The van der Waals surface area contributed by atoms with Crippen LogP contribution in [0.1, 0.15) is 13.3 Å². The summed E-state index contributed by atoms with van der Waals surface area (Å²) in [6, 6.07) is 6.13. The summed E-state index contributed by atoms with van der Waals surface area (Å²) in [5.41, 5.74) is 0. The molecule has 1 N–H and O–H groups in total. The maximum absolute atomic E-state index is 12.2. The first-order valence-electron chi connectivity index (χ1n) is 7.59. The molecule has 1 aliphatic rings. The van der Waals surface area contributed by atoms with Crippen LogP contribution in [0.5, 0.6) is 0 Å². The van der Waals surface area contributed by atoms with Gasteiger partial charge in [-0.1, -0.05) is 23.7 Å². The van der Waals surface area contributed by atoms with Crippen molar-refractivity contribution in [3.63, 3.8) is 0 Å². The number of halogens is 1. The second-order valence-corrected chi connectivity index (χ2v) is 7.61. The fraction of sp³-hybridized carbons (Fsp3) is 0.467. The zero-order chi connectivity index (χ0) is 17.7. The van der Waals surface area contributed by atoms with Gasteiger partial charge in [0.1, 0.15) is 4.90 Å². The first-order chi connectivity index (χ1) is 11.3. The topological polar surface area (TPSA) is 86.8 Å². The standard InChI is InChI=1S/C15H20ClN3O4S/c1-12(20)18-8-10-19(11-9-18)15(21)6-7-17-24(22,23)14-5-3-2-4-13(14)16/h2-5,17H,6-11H2,1H3. The Hall–Kier alpha value is -1.64. The largest absolute Gasteiger partial charge is 0.339 e. The Kier molecular flexibility index (Phi) is 6.20. The Morgan fingerprint density at radius 1 is 1.12 bits per heavy atom. The molecule has 0 unspecified atom stereocenters. The summed E-state index contributed by atoms with van der Waals surface area (Å²) in [7, 11) is -3.74. The van der Waals surface area contributed by atoms with Crippen LogP contribution in [-0.2, 0) is 19.6 Å². The quantitative estimate of drug-likeness (QED) is 0.823. The van der Waals surface area contributed by atoms with Crippen molar-refractivity contribution in [3.8, 4) is 0 Å². The highest BCUT2D eigenvalue weighted by molar-refractivity contribution is 7.89. The molecule has 1 aromatic rings. The molecule has 1 aliphatic heterocycles. The number of amides is 2. The van der Waals surface area contributed by atoms with Gasteiger partial charge in [0.15, 0.2) is 0 Å². The minimum Gasteiger partial charge on any atom is -0.339 e. The van der Waals surface area contributed by atoms with Gasteiger partial charge in [-0.25, -0.2) is 13.1 Å². The summed E-state index contributed by atoms with van der Waals surface area (Å²) in [4.78, 5) is 26.7. The Balaban J connectivity index is 1.83. The molecule has 0 aliphatic carbocycles. The maximum Gasteiger partial charge on any atom is 0.242 e. The maximum atomic E-state index is 12.2. The van der Waals surface area contributed by atoms with Crippen molar-refractivity contribution in [1.82, 2.24) is 14.5 Å². The number of hydrogen-bond donors (Lipinski definition) is 1. The van der Waals surface area contributed by atoms with Crippen LogP contribution in [0.4, 0.5) is 0 Å². The van der Waals surface area contributed by atoms with E-state index in [9.17, 15) is 18.0 Å². The monoisotopic (exact) mass is 373 g/mol. The molecule has 1 saturated heterocycles. The third kappa shape index (κ3) is 4.68. The predicted octanol–water partition coefficient (Wildman–Crippen LogP) is 0.699. The fourth-order valence-corrected chi connectivity index (χ4v) is 4.01. The molecule has 1 aromatic carbocycles.